The van der Waals surface area contributed by atoms with Crippen molar-refractivity contribution in [3.63, 3.8) is 0 Å². The van der Waals surface area contributed by atoms with E-state index in [4.69, 9.17) is 4.74 Å². The molecule has 188 valence electrons. The number of ketones is 1. The maximum absolute atomic E-state index is 13.5. The van der Waals surface area contributed by atoms with Gasteiger partial charge >= 0.3 is 5.97 Å². The predicted octanol–water partition coefficient (Wildman–Crippen LogP) is 5.68. The fraction of sp³-hybridized carbons (Fsp3) is 0.258. The lowest BCUT2D eigenvalue weighted by Crippen LogP contribution is -2.29. The zero-order valence-electron chi connectivity index (χ0n) is 21.0. The molecule has 0 spiro atoms. The molecule has 3 aromatic carbocycles. The van der Waals surface area contributed by atoms with Gasteiger partial charge in [-0.05, 0) is 80.5 Å². The first-order valence-electron chi connectivity index (χ1n) is 12.7. The number of amides is 1. The molecule has 3 aromatic rings. The minimum Gasteiger partial charge on any atom is -0.507 e. The Morgan fingerprint density at radius 3 is 2.46 bits per heavy atom. The summed E-state index contributed by atoms with van der Waals surface area (Å²) in [6.07, 6.45) is 4.15. The first-order chi connectivity index (χ1) is 17.9. The van der Waals surface area contributed by atoms with Crippen LogP contribution in [0.1, 0.15) is 64.0 Å². The van der Waals surface area contributed by atoms with Gasteiger partial charge in [0.2, 0.25) is 0 Å². The summed E-state index contributed by atoms with van der Waals surface area (Å²) >= 11 is 0. The Bertz CT molecular complexity index is 1440. The zero-order valence-corrected chi connectivity index (χ0v) is 21.0. The topological polar surface area (TPSA) is 83.9 Å². The first kappa shape index (κ1) is 24.5. The summed E-state index contributed by atoms with van der Waals surface area (Å²) in [4.78, 5) is 40.7. The number of hydrogen-bond acceptors (Lipinski definition) is 5. The van der Waals surface area contributed by atoms with E-state index in [1.165, 1.54) is 16.0 Å². The van der Waals surface area contributed by atoms with Crippen LogP contribution >= 0.6 is 0 Å². The van der Waals surface area contributed by atoms with Gasteiger partial charge in [-0.25, -0.2) is 4.79 Å². The van der Waals surface area contributed by atoms with E-state index in [0.717, 1.165) is 31.2 Å². The molecule has 37 heavy (non-hydrogen) atoms. The SMILES string of the molecule is CCOC(=O)c1cccc(N2C(=O)C(=O)/C(=C(\O)c3ccc4c(c3)CCCC4)C2c2cccc(C)c2)c1. The van der Waals surface area contributed by atoms with Gasteiger partial charge in [0, 0.05) is 11.3 Å². The molecule has 1 fully saturated rings. The second-order valence-electron chi connectivity index (χ2n) is 9.54. The van der Waals surface area contributed by atoms with E-state index in [-0.39, 0.29) is 23.5 Å². The van der Waals surface area contributed by atoms with Crippen LogP contribution in [0.15, 0.2) is 72.3 Å². The lowest BCUT2D eigenvalue weighted by molar-refractivity contribution is -0.132. The van der Waals surface area contributed by atoms with Gasteiger partial charge in [0.1, 0.15) is 5.76 Å². The van der Waals surface area contributed by atoms with Crippen molar-refractivity contribution in [2.75, 3.05) is 11.5 Å². The highest BCUT2D eigenvalue weighted by atomic mass is 16.5. The van der Waals surface area contributed by atoms with Gasteiger partial charge in [-0.2, -0.15) is 0 Å². The summed E-state index contributed by atoms with van der Waals surface area (Å²) in [6, 6.07) is 18.9. The molecule has 1 N–H and O–H groups in total. The second-order valence-corrected chi connectivity index (χ2v) is 9.54. The summed E-state index contributed by atoms with van der Waals surface area (Å²) in [6.45, 7) is 3.87. The van der Waals surface area contributed by atoms with E-state index in [1.807, 2.05) is 49.4 Å². The summed E-state index contributed by atoms with van der Waals surface area (Å²) < 4.78 is 5.12. The molecule has 1 atom stereocenters. The average molecular weight is 496 g/mol. The van der Waals surface area contributed by atoms with Gasteiger partial charge in [0.05, 0.1) is 23.8 Å². The maximum Gasteiger partial charge on any atom is 0.338 e. The van der Waals surface area contributed by atoms with Crippen LogP contribution in [0.5, 0.6) is 0 Å². The molecule has 1 heterocycles. The fourth-order valence-electron chi connectivity index (χ4n) is 5.29. The normalized spacial score (nSPS) is 18.5. The molecule has 1 aliphatic heterocycles. The number of carbonyl (C=O) groups is 3. The first-order valence-corrected chi connectivity index (χ1v) is 12.7. The Morgan fingerprint density at radius 1 is 0.946 bits per heavy atom. The van der Waals surface area contributed by atoms with E-state index in [2.05, 4.69) is 0 Å². The van der Waals surface area contributed by atoms with E-state index >= 15 is 0 Å². The van der Waals surface area contributed by atoms with Crippen molar-refractivity contribution in [1.29, 1.82) is 0 Å². The van der Waals surface area contributed by atoms with Gasteiger partial charge in [0.25, 0.3) is 11.7 Å². The van der Waals surface area contributed by atoms with E-state index in [0.29, 0.717) is 16.8 Å². The Morgan fingerprint density at radius 2 is 1.70 bits per heavy atom. The van der Waals surface area contributed by atoms with Crippen LogP contribution in [-0.2, 0) is 27.2 Å². The molecule has 1 unspecified atom stereocenters. The average Bonchev–Trinajstić information content (AvgIpc) is 3.18. The minimum absolute atomic E-state index is 0.0351. The van der Waals surface area contributed by atoms with Gasteiger partial charge in [-0.15, -0.1) is 0 Å². The number of nitrogens with zero attached hydrogens (tertiary/aromatic N) is 1. The highest BCUT2D eigenvalue weighted by Gasteiger charge is 2.47. The maximum atomic E-state index is 13.5. The lowest BCUT2D eigenvalue weighted by atomic mass is 9.88. The van der Waals surface area contributed by atoms with E-state index < -0.39 is 23.7 Å². The molecule has 1 saturated heterocycles. The van der Waals surface area contributed by atoms with Crippen molar-refractivity contribution >= 4 is 29.1 Å². The highest BCUT2D eigenvalue weighted by molar-refractivity contribution is 6.51. The van der Waals surface area contributed by atoms with Crippen molar-refractivity contribution in [3.05, 3.63) is 106 Å². The van der Waals surface area contributed by atoms with Crippen LogP contribution in [0, 0.1) is 6.92 Å². The third-order valence-corrected chi connectivity index (χ3v) is 7.06. The smallest absolute Gasteiger partial charge is 0.338 e. The Hall–Kier alpha value is -4.19. The summed E-state index contributed by atoms with van der Waals surface area (Å²) in [5.74, 6) is -2.22. The summed E-state index contributed by atoms with van der Waals surface area (Å²) in [7, 11) is 0. The van der Waals surface area contributed by atoms with Crippen molar-refractivity contribution < 1.29 is 24.2 Å². The fourth-order valence-corrected chi connectivity index (χ4v) is 5.29. The summed E-state index contributed by atoms with van der Waals surface area (Å²) in [5.41, 5.74) is 5.29. The number of benzene rings is 3. The highest BCUT2D eigenvalue weighted by Crippen LogP contribution is 2.42. The number of rotatable bonds is 5. The van der Waals surface area contributed by atoms with Crippen LogP contribution in [0.3, 0.4) is 0 Å². The van der Waals surface area contributed by atoms with Crippen LogP contribution < -0.4 is 4.90 Å². The molecule has 6 heteroatoms. The zero-order chi connectivity index (χ0) is 26.1. The molecule has 0 bridgehead atoms. The third kappa shape index (κ3) is 4.55. The molecule has 0 aromatic heterocycles. The number of hydrogen-bond donors (Lipinski definition) is 1. The summed E-state index contributed by atoms with van der Waals surface area (Å²) in [5, 5.41) is 11.5. The number of carbonyl (C=O) groups excluding carboxylic acids is 3. The van der Waals surface area contributed by atoms with E-state index in [9.17, 15) is 19.5 Å². The molecule has 5 rings (SSSR count). The van der Waals surface area contributed by atoms with Crippen LogP contribution in [0.2, 0.25) is 0 Å². The Balaban J connectivity index is 1.67. The van der Waals surface area contributed by atoms with Crippen molar-refractivity contribution in [3.8, 4) is 0 Å². The van der Waals surface area contributed by atoms with Gasteiger partial charge in [-0.1, -0.05) is 48.0 Å². The lowest BCUT2D eigenvalue weighted by Gasteiger charge is -2.26. The largest absolute Gasteiger partial charge is 0.507 e. The molecule has 1 amide bonds. The monoisotopic (exact) mass is 495 g/mol. The quantitative estimate of drug-likeness (QED) is 0.213. The number of fused-ring (bicyclic) bond motifs is 1. The van der Waals surface area contributed by atoms with Crippen molar-refractivity contribution in [2.45, 2.75) is 45.6 Å². The van der Waals surface area contributed by atoms with E-state index in [1.54, 1.807) is 31.2 Å². The minimum atomic E-state index is -0.853. The van der Waals surface area contributed by atoms with Gasteiger partial charge in [0.15, 0.2) is 0 Å². The second kappa shape index (κ2) is 10.1. The van der Waals surface area contributed by atoms with Crippen LogP contribution in [0.4, 0.5) is 5.69 Å². The van der Waals surface area contributed by atoms with Crippen molar-refractivity contribution in [2.24, 2.45) is 0 Å². The molecular weight excluding hydrogens is 466 g/mol. The number of Topliss-reactive ketones (excluding diaryl/α,β-unsaturated/α-hetero) is 1. The van der Waals surface area contributed by atoms with Crippen LogP contribution in [-0.4, -0.2) is 29.4 Å². The third-order valence-electron chi connectivity index (χ3n) is 7.06. The molecule has 1 aliphatic carbocycles. The molecular formula is C31H29NO5. The number of aryl methyl sites for hydroxylation is 3. The van der Waals surface area contributed by atoms with Gasteiger partial charge < -0.3 is 9.84 Å². The molecule has 2 aliphatic rings. The van der Waals surface area contributed by atoms with Gasteiger partial charge in [-0.3, -0.25) is 14.5 Å². The standard InChI is InChI=1S/C31H29NO5/c1-3-37-31(36)24-12-7-13-25(18-24)32-27(22-11-6-8-19(2)16-22)26(29(34)30(32)35)28(33)23-15-14-20-9-4-5-10-21(20)17-23/h6-8,11-18,27,33H,3-5,9-10H2,1-2H3/b28-26-. The van der Waals surface area contributed by atoms with Crippen molar-refractivity contribution in [1.82, 2.24) is 0 Å². The molecule has 0 radical (unpaired) electrons. The Labute approximate surface area is 216 Å². The number of aliphatic hydroxyl groups excluding tert-OH is 1. The van der Waals surface area contributed by atoms with Crippen LogP contribution in [0.25, 0.3) is 5.76 Å². The number of anilines is 1. The number of ether oxygens (including phenoxy) is 1. The number of aliphatic hydroxyl groups is 1. The number of esters is 1. The molecule has 0 saturated carbocycles. The molecule has 6 nitrogen and oxygen atoms in total. The Kier molecular flexibility index (Phi) is 6.66. The predicted molar refractivity (Wildman–Crippen MR) is 141 cm³/mol.